The van der Waals surface area contributed by atoms with Crippen LogP contribution in [-0.4, -0.2) is 31.2 Å². The van der Waals surface area contributed by atoms with E-state index in [1.54, 1.807) is 18.6 Å². The first-order chi connectivity index (χ1) is 7.97. The van der Waals surface area contributed by atoms with E-state index in [1.807, 2.05) is 0 Å². The zero-order valence-corrected chi connectivity index (χ0v) is 10.3. The molecule has 0 unspecified atom stereocenters. The van der Waals surface area contributed by atoms with Gasteiger partial charge in [0.15, 0.2) is 5.65 Å². The molecule has 92 valence electrons. The standard InChI is InChI=1S/C11H17N5O/c1-11(2,3)13-5-7-16-10(17)15-6-4-12-8-9(15)14-16/h4,6,8,13H,5,7H2,1-3H3. The molecule has 2 heterocycles. The molecule has 0 amide bonds. The summed E-state index contributed by atoms with van der Waals surface area (Å²) in [5, 5.41) is 7.51. The molecule has 0 saturated carbocycles. The van der Waals surface area contributed by atoms with Crippen LogP contribution in [-0.2, 0) is 6.54 Å². The van der Waals surface area contributed by atoms with Crippen molar-refractivity contribution in [3.8, 4) is 0 Å². The van der Waals surface area contributed by atoms with Crippen molar-refractivity contribution < 1.29 is 0 Å². The van der Waals surface area contributed by atoms with Gasteiger partial charge in [-0.05, 0) is 20.8 Å². The molecule has 2 rings (SSSR count). The van der Waals surface area contributed by atoms with Gasteiger partial charge in [-0.15, -0.1) is 5.10 Å². The molecule has 6 nitrogen and oxygen atoms in total. The molecule has 0 aliphatic heterocycles. The molecular weight excluding hydrogens is 218 g/mol. The molecule has 0 fully saturated rings. The lowest BCUT2D eigenvalue weighted by Gasteiger charge is -2.19. The van der Waals surface area contributed by atoms with Gasteiger partial charge in [-0.25, -0.2) is 13.9 Å². The lowest BCUT2D eigenvalue weighted by atomic mass is 10.1. The van der Waals surface area contributed by atoms with Crippen LogP contribution in [0.4, 0.5) is 0 Å². The first kappa shape index (κ1) is 11.8. The van der Waals surface area contributed by atoms with E-state index in [0.717, 1.165) is 0 Å². The van der Waals surface area contributed by atoms with Crippen LogP contribution in [0.5, 0.6) is 0 Å². The van der Waals surface area contributed by atoms with Crippen LogP contribution >= 0.6 is 0 Å². The summed E-state index contributed by atoms with van der Waals surface area (Å²) in [7, 11) is 0. The second-order valence-electron chi connectivity index (χ2n) is 4.99. The average molecular weight is 235 g/mol. The largest absolute Gasteiger partial charge is 0.350 e. The number of hydrogen-bond acceptors (Lipinski definition) is 4. The summed E-state index contributed by atoms with van der Waals surface area (Å²) in [6.45, 7) is 7.52. The van der Waals surface area contributed by atoms with Crippen molar-refractivity contribution in [3.05, 3.63) is 29.1 Å². The summed E-state index contributed by atoms with van der Waals surface area (Å²) >= 11 is 0. The van der Waals surface area contributed by atoms with Gasteiger partial charge >= 0.3 is 5.69 Å². The van der Waals surface area contributed by atoms with Crippen molar-refractivity contribution in [2.45, 2.75) is 32.9 Å². The highest BCUT2D eigenvalue weighted by atomic mass is 16.2. The van der Waals surface area contributed by atoms with Crippen molar-refractivity contribution in [1.29, 1.82) is 0 Å². The van der Waals surface area contributed by atoms with Crippen molar-refractivity contribution in [2.24, 2.45) is 0 Å². The zero-order chi connectivity index (χ0) is 12.5. The summed E-state index contributed by atoms with van der Waals surface area (Å²) in [6.07, 6.45) is 4.78. The Hall–Kier alpha value is -1.69. The minimum atomic E-state index is -0.127. The Morgan fingerprint density at radius 3 is 2.82 bits per heavy atom. The third kappa shape index (κ3) is 2.71. The summed E-state index contributed by atoms with van der Waals surface area (Å²) in [6, 6.07) is 0. The molecule has 0 bridgehead atoms. The van der Waals surface area contributed by atoms with Gasteiger partial charge in [0.2, 0.25) is 0 Å². The van der Waals surface area contributed by atoms with Crippen molar-refractivity contribution in [2.75, 3.05) is 6.54 Å². The molecule has 0 aliphatic rings. The molecule has 0 saturated heterocycles. The van der Waals surface area contributed by atoms with Crippen LogP contribution in [0.2, 0.25) is 0 Å². The SMILES string of the molecule is CC(C)(C)NCCn1nc2cnccn2c1=O. The van der Waals surface area contributed by atoms with E-state index in [1.165, 1.54) is 9.08 Å². The van der Waals surface area contributed by atoms with E-state index in [0.29, 0.717) is 18.7 Å². The molecule has 6 heteroatoms. The number of hydrogen-bond donors (Lipinski definition) is 1. The van der Waals surface area contributed by atoms with Gasteiger partial charge in [0.25, 0.3) is 0 Å². The fourth-order valence-corrected chi connectivity index (χ4v) is 1.56. The predicted octanol–water partition coefficient (Wildman–Crippen LogP) is 0.279. The van der Waals surface area contributed by atoms with E-state index in [4.69, 9.17) is 0 Å². The number of aromatic nitrogens is 4. The molecule has 0 radical (unpaired) electrons. The third-order valence-corrected chi connectivity index (χ3v) is 2.37. The predicted molar refractivity (Wildman–Crippen MR) is 65.0 cm³/mol. The first-order valence-electron chi connectivity index (χ1n) is 5.61. The van der Waals surface area contributed by atoms with Crippen LogP contribution in [0.15, 0.2) is 23.4 Å². The molecule has 2 aromatic rings. The minimum absolute atomic E-state index is 0.0460. The molecule has 0 spiro atoms. The average Bonchev–Trinajstić information content (AvgIpc) is 2.55. The number of fused-ring (bicyclic) bond motifs is 1. The first-order valence-corrected chi connectivity index (χ1v) is 5.61. The summed E-state index contributed by atoms with van der Waals surface area (Å²) in [4.78, 5) is 15.8. The van der Waals surface area contributed by atoms with E-state index in [9.17, 15) is 4.79 Å². The Labute approximate surface area is 99.3 Å². The minimum Gasteiger partial charge on any atom is -0.310 e. The molecule has 0 aromatic carbocycles. The molecule has 1 N–H and O–H groups in total. The monoisotopic (exact) mass is 235 g/mol. The number of nitrogens with one attached hydrogen (secondary N) is 1. The molecule has 0 aliphatic carbocycles. The van der Waals surface area contributed by atoms with Gasteiger partial charge in [0.05, 0.1) is 12.7 Å². The van der Waals surface area contributed by atoms with Crippen LogP contribution in [0.3, 0.4) is 0 Å². The quantitative estimate of drug-likeness (QED) is 0.830. The van der Waals surface area contributed by atoms with E-state index >= 15 is 0 Å². The second kappa shape index (κ2) is 4.29. The maximum absolute atomic E-state index is 11.9. The molecular formula is C11H17N5O. The maximum atomic E-state index is 11.9. The van der Waals surface area contributed by atoms with E-state index < -0.39 is 0 Å². The highest BCUT2D eigenvalue weighted by Gasteiger charge is 2.10. The van der Waals surface area contributed by atoms with Crippen molar-refractivity contribution in [1.82, 2.24) is 24.5 Å². The Bertz CT molecular complexity index is 563. The smallest absolute Gasteiger partial charge is 0.310 e. The lowest BCUT2D eigenvalue weighted by Crippen LogP contribution is -2.39. The van der Waals surface area contributed by atoms with Crippen LogP contribution in [0.25, 0.3) is 5.65 Å². The fraction of sp³-hybridized carbons (Fsp3) is 0.545. The van der Waals surface area contributed by atoms with Crippen LogP contribution in [0, 0.1) is 0 Å². The van der Waals surface area contributed by atoms with Gasteiger partial charge in [-0.1, -0.05) is 0 Å². The third-order valence-electron chi connectivity index (χ3n) is 2.37. The molecule has 0 atom stereocenters. The van der Waals surface area contributed by atoms with Crippen molar-refractivity contribution >= 4 is 5.65 Å². The van der Waals surface area contributed by atoms with Gasteiger partial charge in [0, 0.05) is 24.5 Å². The summed E-state index contributed by atoms with van der Waals surface area (Å²) in [5.74, 6) is 0. The van der Waals surface area contributed by atoms with Crippen LogP contribution < -0.4 is 11.0 Å². The van der Waals surface area contributed by atoms with Gasteiger partial charge in [-0.3, -0.25) is 4.98 Å². The Morgan fingerprint density at radius 1 is 1.41 bits per heavy atom. The fourth-order valence-electron chi connectivity index (χ4n) is 1.56. The highest BCUT2D eigenvalue weighted by Crippen LogP contribution is 1.97. The second-order valence-corrected chi connectivity index (χ2v) is 4.99. The van der Waals surface area contributed by atoms with E-state index in [2.05, 4.69) is 36.2 Å². The maximum Gasteiger partial charge on any atom is 0.350 e. The van der Waals surface area contributed by atoms with Gasteiger partial charge < -0.3 is 5.32 Å². The Kier molecular flexibility index (Phi) is 2.97. The number of nitrogens with zero attached hydrogens (tertiary/aromatic N) is 4. The molecule has 2 aromatic heterocycles. The Balaban J connectivity index is 2.14. The topological polar surface area (TPSA) is 64.2 Å². The molecule has 17 heavy (non-hydrogen) atoms. The van der Waals surface area contributed by atoms with Gasteiger partial charge in [-0.2, -0.15) is 0 Å². The highest BCUT2D eigenvalue weighted by molar-refractivity contribution is 5.31. The van der Waals surface area contributed by atoms with Crippen LogP contribution in [0.1, 0.15) is 20.8 Å². The number of rotatable bonds is 3. The Morgan fingerprint density at radius 2 is 2.18 bits per heavy atom. The lowest BCUT2D eigenvalue weighted by molar-refractivity contribution is 0.402. The normalized spacial score (nSPS) is 12.2. The summed E-state index contributed by atoms with van der Waals surface area (Å²) in [5.41, 5.74) is 0.496. The van der Waals surface area contributed by atoms with E-state index in [-0.39, 0.29) is 11.2 Å². The van der Waals surface area contributed by atoms with Crippen molar-refractivity contribution in [3.63, 3.8) is 0 Å². The van der Waals surface area contributed by atoms with Gasteiger partial charge in [0.1, 0.15) is 0 Å². The summed E-state index contributed by atoms with van der Waals surface area (Å²) < 4.78 is 2.94. The zero-order valence-electron chi connectivity index (χ0n) is 10.3.